The van der Waals surface area contributed by atoms with Gasteiger partial charge in [0.1, 0.15) is 0 Å². The number of aryl methyl sites for hydroxylation is 1. The van der Waals surface area contributed by atoms with E-state index in [0.29, 0.717) is 10.1 Å². The lowest BCUT2D eigenvalue weighted by Gasteiger charge is -2.04. The first-order chi connectivity index (χ1) is 6.75. The zero-order chi connectivity index (χ0) is 10.4. The molecule has 0 saturated heterocycles. The number of ether oxygens (including phenoxy) is 1. The molecule has 1 rings (SSSR count). The number of methoxy groups -OCH3 is 1. The molecule has 0 bridgehead atoms. The van der Waals surface area contributed by atoms with Crippen molar-refractivity contribution < 1.29 is 4.74 Å². The molecular weight excluding hydrogens is 295 g/mol. The van der Waals surface area contributed by atoms with E-state index in [1.54, 1.807) is 24.2 Å². The molecule has 14 heavy (non-hydrogen) atoms. The van der Waals surface area contributed by atoms with Gasteiger partial charge in [-0.05, 0) is 35.4 Å². The Bertz CT molecular complexity index is 338. The molecule has 0 fully saturated rings. The Kier molecular flexibility index (Phi) is 5.10. The second kappa shape index (κ2) is 6.13. The number of rotatable bonds is 5. The number of aromatic nitrogens is 2. The maximum atomic E-state index is 11.5. The Balaban J connectivity index is 2.51. The van der Waals surface area contributed by atoms with Crippen LogP contribution in [0.1, 0.15) is 12.8 Å². The maximum absolute atomic E-state index is 11.5. The SMILES string of the molecule is COCCCCn1cncc(I)c1=O. The molecule has 1 aromatic heterocycles. The maximum Gasteiger partial charge on any atom is 0.266 e. The number of halogens is 1. The summed E-state index contributed by atoms with van der Waals surface area (Å²) in [6.07, 6.45) is 5.07. The third-order valence-electron chi connectivity index (χ3n) is 1.86. The Morgan fingerprint density at radius 2 is 2.36 bits per heavy atom. The van der Waals surface area contributed by atoms with E-state index in [2.05, 4.69) is 4.98 Å². The number of hydrogen-bond donors (Lipinski definition) is 0. The molecule has 4 nitrogen and oxygen atoms in total. The molecule has 1 aromatic rings. The Labute approximate surface area is 96.4 Å². The molecule has 0 saturated carbocycles. The molecule has 5 heteroatoms. The average Bonchev–Trinajstić information content (AvgIpc) is 2.19. The fourth-order valence-electron chi connectivity index (χ4n) is 1.11. The molecule has 78 valence electrons. The molecule has 1 heterocycles. The summed E-state index contributed by atoms with van der Waals surface area (Å²) in [4.78, 5) is 15.5. The standard InChI is InChI=1S/C9H13IN2O2/c1-14-5-3-2-4-12-7-11-6-8(10)9(12)13/h6-7H,2-5H2,1H3. The fourth-order valence-corrected chi connectivity index (χ4v) is 1.58. The minimum atomic E-state index is 0.0398. The van der Waals surface area contributed by atoms with Crippen LogP contribution in [-0.2, 0) is 11.3 Å². The van der Waals surface area contributed by atoms with Crippen molar-refractivity contribution in [1.29, 1.82) is 0 Å². The van der Waals surface area contributed by atoms with Gasteiger partial charge in [-0.3, -0.25) is 9.36 Å². The topological polar surface area (TPSA) is 44.1 Å². The lowest BCUT2D eigenvalue weighted by molar-refractivity contribution is 0.191. The summed E-state index contributed by atoms with van der Waals surface area (Å²) in [5.41, 5.74) is 0.0398. The van der Waals surface area contributed by atoms with Gasteiger partial charge in [0.25, 0.3) is 5.56 Å². The first-order valence-corrected chi connectivity index (χ1v) is 5.52. The largest absolute Gasteiger partial charge is 0.385 e. The van der Waals surface area contributed by atoms with Gasteiger partial charge >= 0.3 is 0 Å². The number of nitrogens with zero attached hydrogens (tertiary/aromatic N) is 2. The van der Waals surface area contributed by atoms with Crippen LogP contribution in [-0.4, -0.2) is 23.3 Å². The highest BCUT2D eigenvalue weighted by Crippen LogP contribution is 1.96. The van der Waals surface area contributed by atoms with Gasteiger partial charge in [0.2, 0.25) is 0 Å². The van der Waals surface area contributed by atoms with Crippen LogP contribution in [0.15, 0.2) is 17.3 Å². The van der Waals surface area contributed by atoms with E-state index in [9.17, 15) is 4.79 Å². The normalized spacial score (nSPS) is 10.4. The van der Waals surface area contributed by atoms with Crippen molar-refractivity contribution in [3.8, 4) is 0 Å². The smallest absolute Gasteiger partial charge is 0.266 e. The second-order valence-electron chi connectivity index (χ2n) is 2.94. The summed E-state index contributed by atoms with van der Waals surface area (Å²) in [5, 5.41) is 0. The van der Waals surface area contributed by atoms with E-state index in [1.807, 2.05) is 22.6 Å². The predicted molar refractivity (Wildman–Crippen MR) is 62.3 cm³/mol. The number of unbranched alkanes of at least 4 members (excludes halogenated alkanes) is 1. The molecule has 0 amide bonds. The lowest BCUT2D eigenvalue weighted by atomic mass is 10.3. The van der Waals surface area contributed by atoms with Gasteiger partial charge in [-0.25, -0.2) is 4.98 Å². The monoisotopic (exact) mass is 308 g/mol. The van der Waals surface area contributed by atoms with Crippen LogP contribution in [0.5, 0.6) is 0 Å². The molecule has 0 N–H and O–H groups in total. The highest BCUT2D eigenvalue weighted by molar-refractivity contribution is 14.1. The van der Waals surface area contributed by atoms with Crippen molar-refractivity contribution in [3.63, 3.8) is 0 Å². The Morgan fingerprint density at radius 3 is 3.07 bits per heavy atom. The van der Waals surface area contributed by atoms with Gasteiger partial charge in [0, 0.05) is 26.5 Å². The van der Waals surface area contributed by atoms with E-state index >= 15 is 0 Å². The first kappa shape index (κ1) is 11.6. The van der Waals surface area contributed by atoms with Gasteiger partial charge < -0.3 is 4.74 Å². The van der Waals surface area contributed by atoms with Crippen molar-refractivity contribution in [2.45, 2.75) is 19.4 Å². The number of hydrogen-bond acceptors (Lipinski definition) is 3. The highest BCUT2D eigenvalue weighted by Gasteiger charge is 1.99. The van der Waals surface area contributed by atoms with Crippen LogP contribution in [0.3, 0.4) is 0 Å². The van der Waals surface area contributed by atoms with Gasteiger partial charge in [-0.1, -0.05) is 0 Å². The molecule has 0 radical (unpaired) electrons. The minimum Gasteiger partial charge on any atom is -0.385 e. The quantitative estimate of drug-likeness (QED) is 0.608. The zero-order valence-electron chi connectivity index (χ0n) is 8.07. The Morgan fingerprint density at radius 1 is 1.57 bits per heavy atom. The van der Waals surface area contributed by atoms with Crippen LogP contribution in [0, 0.1) is 3.57 Å². The molecule has 0 aromatic carbocycles. The summed E-state index contributed by atoms with van der Waals surface area (Å²) in [7, 11) is 1.68. The third-order valence-corrected chi connectivity index (χ3v) is 2.60. The third kappa shape index (κ3) is 3.38. The molecule has 0 atom stereocenters. The zero-order valence-corrected chi connectivity index (χ0v) is 10.2. The summed E-state index contributed by atoms with van der Waals surface area (Å²) in [5.74, 6) is 0. The van der Waals surface area contributed by atoms with Gasteiger partial charge in [-0.15, -0.1) is 0 Å². The van der Waals surface area contributed by atoms with Crippen molar-refractivity contribution in [2.75, 3.05) is 13.7 Å². The summed E-state index contributed by atoms with van der Waals surface area (Å²) in [6.45, 7) is 1.46. The average molecular weight is 308 g/mol. The van der Waals surface area contributed by atoms with E-state index in [0.717, 1.165) is 19.4 Å². The van der Waals surface area contributed by atoms with Crippen LogP contribution >= 0.6 is 22.6 Å². The van der Waals surface area contributed by atoms with Crippen LogP contribution in [0.25, 0.3) is 0 Å². The van der Waals surface area contributed by atoms with Crippen molar-refractivity contribution in [3.05, 3.63) is 26.4 Å². The minimum absolute atomic E-state index is 0.0398. The lowest BCUT2D eigenvalue weighted by Crippen LogP contribution is -2.22. The van der Waals surface area contributed by atoms with Gasteiger partial charge in [-0.2, -0.15) is 0 Å². The van der Waals surface area contributed by atoms with E-state index < -0.39 is 0 Å². The molecule has 0 aliphatic heterocycles. The summed E-state index contributed by atoms with van der Waals surface area (Å²) >= 11 is 2.00. The van der Waals surface area contributed by atoms with Crippen molar-refractivity contribution in [2.24, 2.45) is 0 Å². The first-order valence-electron chi connectivity index (χ1n) is 4.44. The van der Waals surface area contributed by atoms with E-state index in [4.69, 9.17) is 4.74 Å². The van der Waals surface area contributed by atoms with E-state index in [-0.39, 0.29) is 5.56 Å². The second-order valence-corrected chi connectivity index (χ2v) is 4.10. The molecule has 0 unspecified atom stereocenters. The van der Waals surface area contributed by atoms with Gasteiger partial charge in [0.05, 0.1) is 9.90 Å². The molecule has 0 aliphatic carbocycles. The predicted octanol–water partition coefficient (Wildman–Crippen LogP) is 1.27. The molecule has 0 aliphatic rings. The van der Waals surface area contributed by atoms with Crippen LogP contribution in [0.2, 0.25) is 0 Å². The van der Waals surface area contributed by atoms with Crippen molar-refractivity contribution >= 4 is 22.6 Å². The van der Waals surface area contributed by atoms with Gasteiger partial charge in [0.15, 0.2) is 0 Å². The van der Waals surface area contributed by atoms with Crippen LogP contribution < -0.4 is 5.56 Å². The Hall–Kier alpha value is -0.430. The summed E-state index contributed by atoms with van der Waals surface area (Å²) < 4.78 is 7.23. The van der Waals surface area contributed by atoms with Crippen molar-refractivity contribution in [1.82, 2.24) is 9.55 Å². The van der Waals surface area contributed by atoms with E-state index in [1.165, 1.54) is 0 Å². The highest BCUT2D eigenvalue weighted by atomic mass is 127. The molecule has 0 spiro atoms. The van der Waals surface area contributed by atoms with Crippen LogP contribution in [0.4, 0.5) is 0 Å². The fraction of sp³-hybridized carbons (Fsp3) is 0.556. The summed E-state index contributed by atoms with van der Waals surface area (Å²) in [6, 6.07) is 0. The molecular formula is C9H13IN2O2.